The Kier molecular flexibility index (Phi) is 5.43. The third-order valence-corrected chi connectivity index (χ3v) is 7.40. The summed E-state index contributed by atoms with van der Waals surface area (Å²) in [5.74, 6) is 1.95. The molecule has 6 rings (SSSR count). The van der Waals surface area contributed by atoms with Gasteiger partial charge in [0.25, 0.3) is 0 Å². The molecular weight excluding hydrogens is 496 g/mol. The molecule has 0 radical (unpaired) electrons. The van der Waals surface area contributed by atoms with Crippen LogP contribution in [-0.2, 0) is 14.9 Å². The van der Waals surface area contributed by atoms with Gasteiger partial charge >= 0.3 is 6.09 Å². The molecule has 2 aromatic heterocycles. The lowest BCUT2D eigenvalue weighted by molar-refractivity contribution is -0.120. The zero-order chi connectivity index (χ0) is 27.7. The van der Waals surface area contributed by atoms with Crippen molar-refractivity contribution in [2.75, 3.05) is 24.4 Å². The number of aryl methyl sites for hydroxylation is 1. The van der Waals surface area contributed by atoms with Gasteiger partial charge in [-0.05, 0) is 63.4 Å². The Bertz CT molecular complexity index is 1660. The van der Waals surface area contributed by atoms with Gasteiger partial charge in [-0.2, -0.15) is 4.68 Å². The fraction of sp³-hybridized carbons (Fsp3) is 0.345. The first-order valence-electron chi connectivity index (χ1n) is 12.8. The molecule has 2 aliphatic rings. The first-order valence-corrected chi connectivity index (χ1v) is 12.8. The van der Waals surface area contributed by atoms with Crippen molar-refractivity contribution in [2.45, 2.75) is 51.0 Å². The Morgan fingerprint density at radius 3 is 2.67 bits per heavy atom. The van der Waals surface area contributed by atoms with Crippen molar-refractivity contribution in [3.63, 3.8) is 0 Å². The lowest BCUT2D eigenvalue weighted by atomic mass is 9.92. The van der Waals surface area contributed by atoms with Crippen LogP contribution in [0, 0.1) is 6.92 Å². The van der Waals surface area contributed by atoms with Crippen molar-refractivity contribution < 1.29 is 19.1 Å². The van der Waals surface area contributed by atoms with Gasteiger partial charge in [0.05, 0.1) is 24.2 Å². The highest BCUT2D eigenvalue weighted by molar-refractivity contribution is 6.11. The third kappa shape index (κ3) is 3.89. The number of carbonyl (C=O) groups excluding carboxylic acids is 2. The topological polar surface area (TPSA) is 111 Å². The molecule has 4 aromatic rings. The van der Waals surface area contributed by atoms with E-state index in [1.807, 2.05) is 70.3 Å². The van der Waals surface area contributed by atoms with E-state index in [4.69, 9.17) is 9.47 Å². The molecule has 1 amide bonds. The number of anilines is 3. The van der Waals surface area contributed by atoms with Crippen LogP contribution in [0.5, 0.6) is 5.75 Å². The number of likely N-dealkylation sites (N-methyl/N-ethyl adjacent to an activating group) is 1. The maximum Gasteiger partial charge on any atom is 0.435 e. The van der Waals surface area contributed by atoms with E-state index < -0.39 is 17.1 Å². The van der Waals surface area contributed by atoms with Crippen LogP contribution in [0.4, 0.5) is 22.1 Å². The number of nitrogens with zero attached hydrogens (tertiary/aromatic N) is 5. The molecule has 1 fully saturated rings. The predicted molar refractivity (Wildman–Crippen MR) is 147 cm³/mol. The number of aromatic nitrogens is 4. The fourth-order valence-corrected chi connectivity index (χ4v) is 5.56. The van der Waals surface area contributed by atoms with Gasteiger partial charge in [0, 0.05) is 24.0 Å². The van der Waals surface area contributed by atoms with Crippen molar-refractivity contribution in [1.29, 1.82) is 0 Å². The van der Waals surface area contributed by atoms with Gasteiger partial charge in [-0.1, -0.05) is 24.3 Å². The molecule has 2 atom stereocenters. The maximum absolute atomic E-state index is 13.4. The second-order valence-electron chi connectivity index (χ2n) is 11.1. The first kappa shape index (κ1) is 24.8. The molecule has 1 aliphatic heterocycles. The minimum Gasteiger partial charge on any atom is -0.491 e. The summed E-state index contributed by atoms with van der Waals surface area (Å²) in [6, 6.07) is 13.8. The van der Waals surface area contributed by atoms with Crippen LogP contribution in [0.3, 0.4) is 0 Å². The molecule has 3 heterocycles. The number of fused-ring (bicyclic) bond motifs is 3. The van der Waals surface area contributed by atoms with Gasteiger partial charge in [0.1, 0.15) is 11.4 Å². The smallest absolute Gasteiger partial charge is 0.435 e. The van der Waals surface area contributed by atoms with E-state index in [2.05, 4.69) is 20.4 Å². The SMILES string of the molecule is COc1cnc(C)nc1Nc1nn(C(=O)OC(C)(C)C)c2cc([C@@H]3C[C@@]34C(=O)N(C)c3ccccc34)ccc12. The summed E-state index contributed by atoms with van der Waals surface area (Å²) in [6.07, 6.45) is 1.69. The molecule has 0 unspecified atom stereocenters. The third-order valence-electron chi connectivity index (χ3n) is 7.40. The van der Waals surface area contributed by atoms with Gasteiger partial charge in [-0.25, -0.2) is 14.8 Å². The largest absolute Gasteiger partial charge is 0.491 e. The van der Waals surface area contributed by atoms with Crippen molar-refractivity contribution in [3.8, 4) is 5.75 Å². The van der Waals surface area contributed by atoms with E-state index in [0.717, 1.165) is 16.8 Å². The number of methoxy groups -OCH3 is 1. The highest BCUT2D eigenvalue weighted by Crippen LogP contribution is 2.66. The Labute approximate surface area is 226 Å². The van der Waals surface area contributed by atoms with Crippen molar-refractivity contribution in [2.24, 2.45) is 0 Å². The monoisotopic (exact) mass is 526 g/mol. The maximum atomic E-state index is 13.4. The normalized spacial score (nSPS) is 19.9. The van der Waals surface area contributed by atoms with Crippen LogP contribution in [0.2, 0.25) is 0 Å². The first-order chi connectivity index (χ1) is 18.5. The summed E-state index contributed by atoms with van der Waals surface area (Å²) in [5, 5.41) is 8.50. The second-order valence-corrected chi connectivity index (χ2v) is 11.1. The molecular formula is C29H30N6O4. The lowest BCUT2D eigenvalue weighted by Crippen LogP contribution is -2.29. The lowest BCUT2D eigenvalue weighted by Gasteiger charge is -2.19. The van der Waals surface area contributed by atoms with E-state index in [1.54, 1.807) is 18.0 Å². The van der Waals surface area contributed by atoms with E-state index in [0.29, 0.717) is 40.5 Å². The van der Waals surface area contributed by atoms with E-state index in [1.165, 1.54) is 11.8 Å². The molecule has 10 nitrogen and oxygen atoms in total. The highest BCUT2D eigenvalue weighted by Gasteiger charge is 2.66. The molecule has 2 aromatic carbocycles. The Morgan fingerprint density at radius 2 is 1.92 bits per heavy atom. The number of hydrogen-bond donors (Lipinski definition) is 1. The van der Waals surface area contributed by atoms with Crippen LogP contribution >= 0.6 is 0 Å². The minimum atomic E-state index is -0.710. The summed E-state index contributed by atoms with van der Waals surface area (Å²) in [6.45, 7) is 7.20. The predicted octanol–water partition coefficient (Wildman–Crippen LogP) is 5.07. The number of carbonyl (C=O) groups is 2. The Morgan fingerprint density at radius 1 is 1.15 bits per heavy atom. The van der Waals surface area contributed by atoms with Gasteiger partial charge in [0.15, 0.2) is 17.4 Å². The number of nitrogens with one attached hydrogen (secondary N) is 1. The fourth-order valence-electron chi connectivity index (χ4n) is 5.56. The summed E-state index contributed by atoms with van der Waals surface area (Å²) in [4.78, 5) is 37.1. The van der Waals surface area contributed by atoms with Crippen LogP contribution in [0.1, 0.15) is 50.1 Å². The van der Waals surface area contributed by atoms with Gasteiger partial charge < -0.3 is 19.7 Å². The van der Waals surface area contributed by atoms with E-state index in [9.17, 15) is 9.59 Å². The average molecular weight is 527 g/mol. The summed E-state index contributed by atoms with van der Waals surface area (Å²) < 4.78 is 12.3. The number of hydrogen-bond acceptors (Lipinski definition) is 8. The zero-order valence-electron chi connectivity index (χ0n) is 22.8. The van der Waals surface area contributed by atoms with Crippen LogP contribution in [0.15, 0.2) is 48.7 Å². The molecule has 0 saturated heterocycles. The number of ether oxygens (including phenoxy) is 2. The summed E-state index contributed by atoms with van der Waals surface area (Å²) in [5.41, 5.74) is 2.25. The molecule has 200 valence electrons. The van der Waals surface area contributed by atoms with Crippen LogP contribution < -0.4 is 15.0 Å². The van der Waals surface area contributed by atoms with Gasteiger partial charge in [0.2, 0.25) is 5.91 Å². The van der Waals surface area contributed by atoms with Gasteiger partial charge in [-0.3, -0.25) is 4.79 Å². The second kappa shape index (κ2) is 8.52. The highest BCUT2D eigenvalue weighted by atomic mass is 16.6. The number of amides is 1. The van der Waals surface area contributed by atoms with Crippen molar-refractivity contribution in [3.05, 3.63) is 65.6 Å². The number of para-hydroxylation sites is 1. The number of rotatable bonds is 4. The van der Waals surface area contributed by atoms with Gasteiger partial charge in [-0.15, -0.1) is 5.10 Å². The van der Waals surface area contributed by atoms with E-state index in [-0.39, 0.29) is 11.8 Å². The van der Waals surface area contributed by atoms with Crippen LogP contribution in [0.25, 0.3) is 10.9 Å². The summed E-state index contributed by atoms with van der Waals surface area (Å²) >= 11 is 0. The summed E-state index contributed by atoms with van der Waals surface area (Å²) in [7, 11) is 3.36. The number of benzene rings is 2. The van der Waals surface area contributed by atoms with Crippen molar-refractivity contribution >= 4 is 40.2 Å². The molecule has 1 spiro atoms. The standard InChI is InChI=1S/C29H30N6O4/c1-16-30-15-23(38-6)25(31-16)32-24-18-12-11-17(13-22(18)35(33-24)27(37)39-28(2,3)4)20-14-29(20)19-9-7-8-10-21(19)34(5)26(29)36/h7-13,15,20H,14H2,1-6H3,(H,30,31,32,33)/t20-,29-/m0/s1. The van der Waals surface area contributed by atoms with Crippen molar-refractivity contribution in [1.82, 2.24) is 19.7 Å². The average Bonchev–Trinajstić information content (AvgIpc) is 3.50. The zero-order valence-corrected chi connectivity index (χ0v) is 22.8. The Hall–Kier alpha value is -4.47. The quantitative estimate of drug-likeness (QED) is 0.392. The molecule has 0 bridgehead atoms. The molecule has 39 heavy (non-hydrogen) atoms. The molecule has 1 saturated carbocycles. The van der Waals surface area contributed by atoms with E-state index >= 15 is 0 Å². The molecule has 1 aliphatic carbocycles. The Balaban J connectivity index is 1.44. The molecule has 10 heteroatoms. The minimum absolute atomic E-state index is 0.0106. The van der Waals surface area contributed by atoms with Crippen LogP contribution in [-0.4, -0.2) is 51.5 Å². The molecule has 1 N–H and O–H groups in total.